The van der Waals surface area contributed by atoms with Crippen LogP contribution in [0.15, 0.2) is 42.6 Å². The molecule has 0 unspecified atom stereocenters. The molecule has 0 saturated carbocycles. The van der Waals surface area contributed by atoms with E-state index < -0.39 is 0 Å². The van der Waals surface area contributed by atoms with E-state index in [-0.39, 0.29) is 0 Å². The first kappa shape index (κ1) is 13.5. The van der Waals surface area contributed by atoms with Gasteiger partial charge in [-0.15, -0.1) is 0 Å². The summed E-state index contributed by atoms with van der Waals surface area (Å²) in [5.74, 6) is 0.680. The molecular weight excluding hydrogens is 260 g/mol. The summed E-state index contributed by atoms with van der Waals surface area (Å²) in [6.45, 7) is 4.89. The lowest BCUT2D eigenvalue weighted by atomic mass is 10.1. The predicted octanol–water partition coefficient (Wildman–Crippen LogP) is 3.36. The summed E-state index contributed by atoms with van der Waals surface area (Å²) in [7, 11) is 0. The summed E-state index contributed by atoms with van der Waals surface area (Å²) in [6, 6.07) is 12.3. The Kier molecular flexibility index (Phi) is 3.77. The third kappa shape index (κ3) is 2.99. The van der Waals surface area contributed by atoms with E-state index in [0.29, 0.717) is 5.95 Å². The van der Waals surface area contributed by atoms with Crippen LogP contribution in [-0.2, 0) is 6.42 Å². The summed E-state index contributed by atoms with van der Waals surface area (Å²) in [5, 5.41) is 4.31. The van der Waals surface area contributed by atoms with Crippen molar-refractivity contribution in [1.82, 2.24) is 15.0 Å². The van der Waals surface area contributed by atoms with Crippen molar-refractivity contribution in [3.05, 3.63) is 59.5 Å². The van der Waals surface area contributed by atoms with Gasteiger partial charge in [0.05, 0.1) is 11.2 Å². The zero-order valence-electron chi connectivity index (χ0n) is 12.3. The molecule has 3 aromatic rings. The van der Waals surface area contributed by atoms with Crippen LogP contribution < -0.4 is 5.32 Å². The number of nitrogens with zero attached hydrogens (tertiary/aromatic N) is 3. The fourth-order valence-corrected chi connectivity index (χ4v) is 2.28. The van der Waals surface area contributed by atoms with Gasteiger partial charge in [-0.3, -0.25) is 4.98 Å². The van der Waals surface area contributed by atoms with Crippen LogP contribution in [0.4, 0.5) is 5.95 Å². The van der Waals surface area contributed by atoms with Gasteiger partial charge in [-0.1, -0.05) is 24.3 Å². The first-order chi connectivity index (χ1) is 10.3. The molecule has 106 valence electrons. The van der Waals surface area contributed by atoms with E-state index in [1.807, 2.05) is 38.2 Å². The number of aromatic nitrogens is 3. The van der Waals surface area contributed by atoms with Gasteiger partial charge < -0.3 is 5.32 Å². The highest BCUT2D eigenvalue weighted by molar-refractivity contribution is 5.78. The predicted molar refractivity (Wildman–Crippen MR) is 85.5 cm³/mol. The van der Waals surface area contributed by atoms with E-state index in [4.69, 9.17) is 4.98 Å². The van der Waals surface area contributed by atoms with Crippen molar-refractivity contribution in [2.24, 2.45) is 0 Å². The van der Waals surface area contributed by atoms with Crippen LogP contribution in [-0.4, -0.2) is 21.5 Å². The second-order valence-electron chi connectivity index (χ2n) is 5.03. The van der Waals surface area contributed by atoms with Crippen LogP contribution >= 0.6 is 0 Å². The average molecular weight is 278 g/mol. The summed E-state index contributed by atoms with van der Waals surface area (Å²) in [6.07, 6.45) is 2.58. The van der Waals surface area contributed by atoms with Crippen molar-refractivity contribution in [2.75, 3.05) is 11.9 Å². The van der Waals surface area contributed by atoms with Crippen molar-refractivity contribution in [1.29, 1.82) is 0 Å². The van der Waals surface area contributed by atoms with Gasteiger partial charge in [0.15, 0.2) is 0 Å². The molecule has 2 aromatic heterocycles. The molecule has 0 bridgehead atoms. The molecule has 0 fully saturated rings. The Morgan fingerprint density at radius 2 is 1.90 bits per heavy atom. The molecular formula is C17H18N4. The Morgan fingerprint density at radius 3 is 2.76 bits per heavy atom. The number of fused-ring (bicyclic) bond motifs is 1. The van der Waals surface area contributed by atoms with E-state index in [1.165, 1.54) is 0 Å². The zero-order chi connectivity index (χ0) is 14.7. The second-order valence-corrected chi connectivity index (χ2v) is 5.03. The molecule has 1 aromatic carbocycles. The molecule has 3 rings (SSSR count). The number of nitrogens with one attached hydrogen (secondary N) is 1. The van der Waals surface area contributed by atoms with E-state index in [1.54, 1.807) is 0 Å². The smallest absolute Gasteiger partial charge is 0.222 e. The van der Waals surface area contributed by atoms with Gasteiger partial charge >= 0.3 is 0 Å². The summed E-state index contributed by atoms with van der Waals surface area (Å²) in [5.41, 5.74) is 4.15. The number of hydrogen-bond donors (Lipinski definition) is 1. The molecule has 21 heavy (non-hydrogen) atoms. The molecule has 0 aliphatic rings. The zero-order valence-corrected chi connectivity index (χ0v) is 12.3. The maximum absolute atomic E-state index is 4.71. The standard InChI is InChI=1S/C17H18N4/c1-3-18-17-19-11-12(2)16(21-17)10-14-9-8-13-6-4-5-7-15(13)20-14/h4-9,11H,3,10H2,1-2H3,(H,18,19,21). The minimum atomic E-state index is 0.680. The lowest BCUT2D eigenvalue weighted by molar-refractivity contribution is 0.961. The molecule has 0 spiro atoms. The first-order valence-electron chi connectivity index (χ1n) is 7.17. The van der Waals surface area contributed by atoms with Crippen LogP contribution in [0.2, 0.25) is 0 Å². The Labute approximate surface area is 124 Å². The van der Waals surface area contributed by atoms with Crippen LogP contribution in [0.25, 0.3) is 10.9 Å². The highest BCUT2D eigenvalue weighted by Crippen LogP contribution is 2.16. The molecule has 2 heterocycles. The van der Waals surface area contributed by atoms with Gasteiger partial charge in [0.2, 0.25) is 5.95 Å². The number of rotatable bonds is 4. The monoisotopic (exact) mass is 278 g/mol. The molecule has 1 N–H and O–H groups in total. The summed E-state index contributed by atoms with van der Waals surface area (Å²) < 4.78 is 0. The molecule has 0 aliphatic heterocycles. The van der Waals surface area contributed by atoms with Gasteiger partial charge in [0.25, 0.3) is 0 Å². The van der Waals surface area contributed by atoms with Crippen LogP contribution in [0, 0.1) is 6.92 Å². The van der Waals surface area contributed by atoms with E-state index >= 15 is 0 Å². The highest BCUT2D eigenvalue weighted by Gasteiger charge is 2.06. The summed E-state index contributed by atoms with van der Waals surface area (Å²) >= 11 is 0. The van der Waals surface area contributed by atoms with Crippen molar-refractivity contribution < 1.29 is 0 Å². The van der Waals surface area contributed by atoms with Gasteiger partial charge in [0.1, 0.15) is 0 Å². The first-order valence-corrected chi connectivity index (χ1v) is 7.17. The SMILES string of the molecule is CCNc1ncc(C)c(Cc2ccc3ccccc3n2)n1. The van der Waals surface area contributed by atoms with Crippen LogP contribution in [0.5, 0.6) is 0 Å². The van der Waals surface area contributed by atoms with E-state index in [2.05, 4.69) is 33.5 Å². The number of aryl methyl sites for hydroxylation is 1. The molecule has 0 atom stereocenters. The Morgan fingerprint density at radius 1 is 1.05 bits per heavy atom. The van der Waals surface area contributed by atoms with Crippen LogP contribution in [0.3, 0.4) is 0 Å². The molecule has 0 radical (unpaired) electrons. The minimum absolute atomic E-state index is 0.680. The van der Waals surface area contributed by atoms with Crippen molar-refractivity contribution >= 4 is 16.9 Å². The molecule has 0 saturated heterocycles. The van der Waals surface area contributed by atoms with Crippen LogP contribution in [0.1, 0.15) is 23.9 Å². The largest absolute Gasteiger partial charge is 0.354 e. The van der Waals surface area contributed by atoms with Crippen molar-refractivity contribution in [2.45, 2.75) is 20.3 Å². The normalized spacial score (nSPS) is 10.8. The van der Waals surface area contributed by atoms with Gasteiger partial charge in [0, 0.05) is 30.2 Å². The van der Waals surface area contributed by atoms with Gasteiger partial charge in [-0.2, -0.15) is 0 Å². The van der Waals surface area contributed by atoms with Gasteiger partial charge in [-0.05, 0) is 31.5 Å². The number of para-hydroxylation sites is 1. The number of hydrogen-bond acceptors (Lipinski definition) is 4. The second kappa shape index (κ2) is 5.87. The highest BCUT2D eigenvalue weighted by atomic mass is 15.1. The fraction of sp³-hybridized carbons (Fsp3) is 0.235. The third-order valence-electron chi connectivity index (χ3n) is 3.42. The molecule has 4 nitrogen and oxygen atoms in total. The maximum Gasteiger partial charge on any atom is 0.222 e. The average Bonchev–Trinajstić information content (AvgIpc) is 2.51. The maximum atomic E-state index is 4.71. The minimum Gasteiger partial charge on any atom is -0.354 e. The van der Waals surface area contributed by atoms with E-state index in [0.717, 1.165) is 40.8 Å². The lowest BCUT2D eigenvalue weighted by Gasteiger charge is -2.08. The van der Waals surface area contributed by atoms with Gasteiger partial charge in [-0.25, -0.2) is 9.97 Å². The lowest BCUT2D eigenvalue weighted by Crippen LogP contribution is -2.06. The molecule has 0 amide bonds. The Balaban J connectivity index is 1.92. The topological polar surface area (TPSA) is 50.7 Å². The fourth-order valence-electron chi connectivity index (χ4n) is 2.28. The molecule has 4 heteroatoms. The Bertz CT molecular complexity index is 768. The quantitative estimate of drug-likeness (QED) is 0.795. The number of anilines is 1. The molecule has 0 aliphatic carbocycles. The van der Waals surface area contributed by atoms with E-state index in [9.17, 15) is 0 Å². The summed E-state index contributed by atoms with van der Waals surface area (Å²) in [4.78, 5) is 13.6. The number of benzene rings is 1. The van der Waals surface area contributed by atoms with Crippen molar-refractivity contribution in [3.63, 3.8) is 0 Å². The Hall–Kier alpha value is -2.49. The number of pyridine rings is 1. The third-order valence-corrected chi connectivity index (χ3v) is 3.42. The van der Waals surface area contributed by atoms with Crippen molar-refractivity contribution in [3.8, 4) is 0 Å².